The molecule has 0 aromatic carbocycles. The molecule has 0 saturated carbocycles. The summed E-state index contributed by atoms with van der Waals surface area (Å²) in [5, 5.41) is 9.04. The lowest BCUT2D eigenvalue weighted by Gasteiger charge is -2.12. The summed E-state index contributed by atoms with van der Waals surface area (Å²) in [5.41, 5.74) is 0. The molecule has 0 amide bonds. The van der Waals surface area contributed by atoms with Gasteiger partial charge >= 0.3 is 5.97 Å². The van der Waals surface area contributed by atoms with Gasteiger partial charge in [-0.25, -0.2) is 0 Å². The summed E-state index contributed by atoms with van der Waals surface area (Å²) in [6.45, 7) is 4.18. The lowest BCUT2D eigenvalue weighted by Crippen LogP contribution is -2.22. The van der Waals surface area contributed by atoms with Crippen molar-refractivity contribution >= 4 is 23.1 Å². The zero-order valence-corrected chi connectivity index (χ0v) is 10.6. The largest absolute Gasteiger partial charge is 0.481 e. The summed E-state index contributed by atoms with van der Waals surface area (Å²) >= 11 is 5.15. The van der Waals surface area contributed by atoms with Crippen LogP contribution in [0.3, 0.4) is 0 Å². The quantitative estimate of drug-likeness (QED) is 0.483. The van der Waals surface area contributed by atoms with E-state index in [4.69, 9.17) is 17.3 Å². The van der Waals surface area contributed by atoms with Crippen LogP contribution in [0.25, 0.3) is 0 Å². The predicted molar refractivity (Wildman–Crippen MR) is 67.4 cm³/mol. The monoisotopic (exact) mass is 230 g/mol. The molecule has 0 heterocycles. The molecule has 0 aliphatic heterocycles. The fourth-order valence-corrected chi connectivity index (χ4v) is 2.04. The van der Waals surface area contributed by atoms with Crippen LogP contribution in [0.15, 0.2) is 0 Å². The van der Waals surface area contributed by atoms with Crippen molar-refractivity contribution in [2.45, 2.75) is 58.8 Å². The highest BCUT2D eigenvalue weighted by Gasteiger charge is 2.20. The summed E-state index contributed by atoms with van der Waals surface area (Å²) in [6.07, 6.45) is 6.89. The third-order valence-corrected chi connectivity index (χ3v) is 3.02. The predicted octanol–water partition coefficient (Wildman–Crippen LogP) is 3.83. The van der Waals surface area contributed by atoms with E-state index in [0.29, 0.717) is 6.42 Å². The Bertz CT molecular complexity index is 202. The number of hydrogen-bond acceptors (Lipinski definition) is 2. The van der Waals surface area contributed by atoms with Gasteiger partial charge in [-0.3, -0.25) is 4.79 Å². The molecule has 0 aromatic rings. The van der Waals surface area contributed by atoms with E-state index in [9.17, 15) is 4.79 Å². The number of thiocarbonyl (C=S) groups is 1. The van der Waals surface area contributed by atoms with Gasteiger partial charge in [-0.1, -0.05) is 58.2 Å². The van der Waals surface area contributed by atoms with E-state index < -0.39 is 11.9 Å². The first kappa shape index (κ1) is 14.6. The number of carboxylic acids is 1. The Labute approximate surface area is 98.1 Å². The van der Waals surface area contributed by atoms with E-state index >= 15 is 0 Å². The maximum Gasteiger partial charge on any atom is 0.311 e. The second-order valence-corrected chi connectivity index (χ2v) is 4.48. The van der Waals surface area contributed by atoms with Gasteiger partial charge in [-0.2, -0.15) is 0 Å². The van der Waals surface area contributed by atoms with Crippen molar-refractivity contribution in [2.75, 3.05) is 0 Å². The van der Waals surface area contributed by atoms with Gasteiger partial charge in [0.05, 0.1) is 5.92 Å². The highest BCUT2D eigenvalue weighted by Crippen LogP contribution is 2.16. The van der Waals surface area contributed by atoms with Gasteiger partial charge < -0.3 is 5.11 Å². The first-order chi connectivity index (χ1) is 7.13. The van der Waals surface area contributed by atoms with Crippen molar-refractivity contribution in [1.29, 1.82) is 0 Å². The van der Waals surface area contributed by atoms with Crippen LogP contribution < -0.4 is 0 Å². The van der Waals surface area contributed by atoms with Gasteiger partial charge in [0.15, 0.2) is 0 Å². The van der Waals surface area contributed by atoms with E-state index in [2.05, 4.69) is 6.92 Å². The molecule has 3 heteroatoms. The van der Waals surface area contributed by atoms with Gasteiger partial charge in [0.25, 0.3) is 0 Å². The average Bonchev–Trinajstić information content (AvgIpc) is 2.17. The molecule has 0 bridgehead atoms. The number of carboxylic acid groups (broad SMARTS) is 1. The minimum atomic E-state index is -0.745. The van der Waals surface area contributed by atoms with Crippen LogP contribution in [0.5, 0.6) is 0 Å². The van der Waals surface area contributed by atoms with Crippen molar-refractivity contribution in [3.8, 4) is 0 Å². The molecule has 0 fully saturated rings. The number of carbonyl (C=O) groups is 1. The Morgan fingerprint density at radius 1 is 1.20 bits per heavy atom. The molecule has 1 atom stereocenters. The van der Waals surface area contributed by atoms with E-state index in [1.165, 1.54) is 12.8 Å². The van der Waals surface area contributed by atoms with Crippen molar-refractivity contribution < 1.29 is 9.90 Å². The van der Waals surface area contributed by atoms with E-state index in [1.807, 2.05) is 6.92 Å². The van der Waals surface area contributed by atoms with Crippen molar-refractivity contribution in [2.24, 2.45) is 5.92 Å². The Morgan fingerprint density at radius 2 is 1.87 bits per heavy atom. The SMILES string of the molecule is CCCCCCC(C(=O)O)C(=S)CCC. The number of hydrogen-bond donors (Lipinski definition) is 1. The molecule has 1 N–H and O–H groups in total. The maximum absolute atomic E-state index is 11.0. The number of aliphatic carboxylic acids is 1. The molecule has 0 spiro atoms. The molecule has 0 rings (SSSR count). The zero-order valence-electron chi connectivity index (χ0n) is 9.79. The fraction of sp³-hybridized carbons (Fsp3) is 0.833. The van der Waals surface area contributed by atoms with Crippen molar-refractivity contribution in [3.05, 3.63) is 0 Å². The van der Waals surface area contributed by atoms with Crippen LogP contribution in [-0.2, 0) is 4.79 Å². The third-order valence-electron chi connectivity index (χ3n) is 2.53. The molecule has 2 nitrogen and oxygen atoms in total. The molecule has 0 radical (unpaired) electrons. The smallest absolute Gasteiger partial charge is 0.311 e. The highest BCUT2D eigenvalue weighted by molar-refractivity contribution is 7.80. The third kappa shape index (κ3) is 6.61. The van der Waals surface area contributed by atoms with Crippen LogP contribution in [0.1, 0.15) is 58.8 Å². The lowest BCUT2D eigenvalue weighted by atomic mass is 9.95. The average molecular weight is 230 g/mol. The molecule has 88 valence electrons. The Hall–Kier alpha value is -0.440. The Morgan fingerprint density at radius 3 is 2.33 bits per heavy atom. The summed E-state index contributed by atoms with van der Waals surface area (Å²) in [6, 6.07) is 0. The van der Waals surface area contributed by atoms with Crippen LogP contribution in [-0.4, -0.2) is 15.9 Å². The topological polar surface area (TPSA) is 37.3 Å². The summed E-state index contributed by atoms with van der Waals surface area (Å²) in [4.78, 5) is 11.7. The summed E-state index contributed by atoms with van der Waals surface area (Å²) in [5.74, 6) is -1.14. The number of rotatable bonds is 9. The molecule has 0 saturated heterocycles. The maximum atomic E-state index is 11.0. The Balaban J connectivity index is 3.94. The molecule has 0 aliphatic carbocycles. The zero-order chi connectivity index (χ0) is 11.7. The standard InChI is InChI=1S/C12H22O2S/c1-3-5-6-7-9-10(12(13)14)11(15)8-4-2/h10H,3-9H2,1-2H3,(H,13,14). The molecule has 1 unspecified atom stereocenters. The summed E-state index contributed by atoms with van der Waals surface area (Å²) in [7, 11) is 0. The normalized spacial score (nSPS) is 12.4. The minimum absolute atomic E-state index is 0.392. The molecular weight excluding hydrogens is 208 g/mol. The van der Waals surface area contributed by atoms with Crippen LogP contribution >= 0.6 is 12.2 Å². The van der Waals surface area contributed by atoms with Gasteiger partial charge in [-0.05, 0) is 12.8 Å². The van der Waals surface area contributed by atoms with Gasteiger partial charge in [0, 0.05) is 4.86 Å². The minimum Gasteiger partial charge on any atom is -0.481 e. The van der Waals surface area contributed by atoms with Crippen molar-refractivity contribution in [3.63, 3.8) is 0 Å². The van der Waals surface area contributed by atoms with E-state index in [-0.39, 0.29) is 0 Å². The second-order valence-electron chi connectivity index (χ2n) is 3.96. The second kappa shape index (κ2) is 8.84. The van der Waals surface area contributed by atoms with Crippen LogP contribution in [0.4, 0.5) is 0 Å². The van der Waals surface area contributed by atoms with Crippen molar-refractivity contribution in [1.82, 2.24) is 0 Å². The molecular formula is C12H22O2S. The number of unbranched alkanes of at least 4 members (excludes halogenated alkanes) is 3. The van der Waals surface area contributed by atoms with Gasteiger partial charge in [0.2, 0.25) is 0 Å². The Kier molecular flexibility index (Phi) is 8.58. The molecule has 0 aromatic heterocycles. The lowest BCUT2D eigenvalue weighted by molar-refractivity contribution is -0.139. The summed E-state index contributed by atoms with van der Waals surface area (Å²) < 4.78 is 0. The van der Waals surface area contributed by atoms with E-state index in [1.54, 1.807) is 0 Å². The van der Waals surface area contributed by atoms with Crippen LogP contribution in [0, 0.1) is 5.92 Å². The highest BCUT2D eigenvalue weighted by atomic mass is 32.1. The molecule has 0 aliphatic rings. The fourth-order valence-electron chi connectivity index (χ4n) is 1.62. The van der Waals surface area contributed by atoms with Crippen LogP contribution in [0.2, 0.25) is 0 Å². The van der Waals surface area contributed by atoms with E-state index in [0.717, 1.165) is 30.5 Å². The first-order valence-electron chi connectivity index (χ1n) is 5.89. The molecule has 15 heavy (non-hydrogen) atoms. The first-order valence-corrected chi connectivity index (χ1v) is 6.29. The van der Waals surface area contributed by atoms with Gasteiger partial charge in [0.1, 0.15) is 0 Å². The van der Waals surface area contributed by atoms with Gasteiger partial charge in [-0.15, -0.1) is 0 Å².